The molecule has 20 heavy (non-hydrogen) atoms. The van der Waals surface area contributed by atoms with Crippen LogP contribution in [-0.4, -0.2) is 54.2 Å². The number of aliphatic imine (C=N–C) groups is 1. The van der Waals surface area contributed by atoms with Gasteiger partial charge in [-0.05, 0) is 5.61 Å². The SMILES string of the molecule is BC1=Nc2c(c3nc[nH]c3c3nccnc23)N(C)C1B. The van der Waals surface area contributed by atoms with Gasteiger partial charge < -0.3 is 9.88 Å². The number of nitrogens with one attached hydrogen (secondary N) is 1. The predicted octanol–water partition coefficient (Wildman–Crippen LogP) is -0.422. The van der Waals surface area contributed by atoms with Crippen molar-refractivity contribution in [3.05, 3.63) is 18.7 Å². The second-order valence-electron chi connectivity index (χ2n) is 5.12. The van der Waals surface area contributed by atoms with Crippen molar-refractivity contribution in [1.29, 1.82) is 0 Å². The molecule has 0 aliphatic carbocycles. The monoisotopic (exact) mass is 262 g/mol. The topological polar surface area (TPSA) is 70.1 Å². The molecule has 0 bridgehead atoms. The fourth-order valence-electron chi connectivity index (χ4n) is 2.76. The molecule has 4 rings (SSSR count). The quantitative estimate of drug-likeness (QED) is 0.558. The van der Waals surface area contributed by atoms with Crippen LogP contribution >= 0.6 is 0 Å². The van der Waals surface area contributed by atoms with E-state index in [1.54, 1.807) is 18.7 Å². The van der Waals surface area contributed by atoms with E-state index in [1.807, 2.05) is 7.85 Å². The number of rotatable bonds is 0. The first-order valence-corrected chi connectivity index (χ1v) is 6.56. The molecule has 96 valence electrons. The maximum absolute atomic E-state index is 4.75. The van der Waals surface area contributed by atoms with Gasteiger partial charge in [0.25, 0.3) is 0 Å². The van der Waals surface area contributed by atoms with Crippen LogP contribution in [0.1, 0.15) is 0 Å². The zero-order valence-electron chi connectivity index (χ0n) is 11.5. The second-order valence-corrected chi connectivity index (χ2v) is 5.12. The lowest BCUT2D eigenvalue weighted by molar-refractivity contribution is 0.993. The number of imidazole rings is 1. The first-order valence-electron chi connectivity index (χ1n) is 6.56. The third-order valence-corrected chi connectivity index (χ3v) is 4.07. The van der Waals surface area contributed by atoms with Gasteiger partial charge in [-0.15, -0.1) is 0 Å². The van der Waals surface area contributed by atoms with Crippen molar-refractivity contribution < 1.29 is 0 Å². The Kier molecular flexibility index (Phi) is 2.19. The van der Waals surface area contributed by atoms with Crippen LogP contribution in [0.15, 0.2) is 23.7 Å². The fraction of sp³-hybridized carbons (Fsp3) is 0.167. The molecule has 1 aliphatic heterocycles. The number of hydrogen-bond donors (Lipinski definition) is 1. The van der Waals surface area contributed by atoms with Crippen LogP contribution in [0.4, 0.5) is 11.4 Å². The number of aromatic amines is 1. The molecular formula is C12H12B2N6. The summed E-state index contributed by atoms with van der Waals surface area (Å²) in [5.74, 6) is 0.247. The molecule has 1 N–H and O–H groups in total. The Labute approximate surface area is 117 Å². The van der Waals surface area contributed by atoms with E-state index in [-0.39, 0.29) is 5.94 Å². The normalized spacial score (nSPS) is 18.4. The van der Waals surface area contributed by atoms with Gasteiger partial charge in [0.2, 0.25) is 0 Å². The third-order valence-electron chi connectivity index (χ3n) is 4.07. The average molecular weight is 262 g/mol. The molecule has 0 amide bonds. The minimum Gasteiger partial charge on any atom is -0.372 e. The minimum absolute atomic E-state index is 0.247. The molecule has 0 saturated carbocycles. The number of nitrogens with zero attached hydrogens (tertiary/aromatic N) is 5. The van der Waals surface area contributed by atoms with Gasteiger partial charge in [-0.1, -0.05) is 0 Å². The van der Waals surface area contributed by atoms with Crippen LogP contribution < -0.4 is 4.90 Å². The highest BCUT2D eigenvalue weighted by atomic mass is 15.2. The zero-order chi connectivity index (χ0) is 13.9. The van der Waals surface area contributed by atoms with Crippen molar-refractivity contribution >= 4 is 54.7 Å². The molecule has 1 atom stereocenters. The van der Waals surface area contributed by atoms with Gasteiger partial charge in [-0.25, -0.2) is 4.98 Å². The highest BCUT2D eigenvalue weighted by molar-refractivity contribution is 6.66. The van der Waals surface area contributed by atoms with Crippen molar-refractivity contribution in [2.24, 2.45) is 4.99 Å². The van der Waals surface area contributed by atoms with E-state index in [0.29, 0.717) is 0 Å². The number of anilines is 1. The maximum atomic E-state index is 4.75. The van der Waals surface area contributed by atoms with Gasteiger partial charge in [-0.2, -0.15) is 0 Å². The lowest BCUT2D eigenvalue weighted by Gasteiger charge is -2.33. The van der Waals surface area contributed by atoms with Crippen LogP contribution in [0.25, 0.3) is 22.1 Å². The van der Waals surface area contributed by atoms with E-state index in [2.05, 4.69) is 39.7 Å². The number of aromatic nitrogens is 4. The van der Waals surface area contributed by atoms with Crippen molar-refractivity contribution in [1.82, 2.24) is 19.9 Å². The van der Waals surface area contributed by atoms with Gasteiger partial charge in [0.15, 0.2) is 7.85 Å². The molecule has 1 aliphatic rings. The summed E-state index contributed by atoms with van der Waals surface area (Å²) in [6, 6.07) is 0. The summed E-state index contributed by atoms with van der Waals surface area (Å²) in [6.07, 6.45) is 5.09. The summed E-state index contributed by atoms with van der Waals surface area (Å²) >= 11 is 0. The largest absolute Gasteiger partial charge is 0.372 e. The predicted molar refractivity (Wildman–Crippen MR) is 85.6 cm³/mol. The smallest absolute Gasteiger partial charge is 0.160 e. The minimum atomic E-state index is 0.247. The summed E-state index contributed by atoms with van der Waals surface area (Å²) in [5, 5.41) is 0. The Balaban J connectivity index is 2.27. The highest BCUT2D eigenvalue weighted by Crippen LogP contribution is 2.43. The van der Waals surface area contributed by atoms with Gasteiger partial charge in [0.05, 0.1) is 17.5 Å². The van der Waals surface area contributed by atoms with Crippen molar-refractivity contribution in [3.8, 4) is 0 Å². The Morgan fingerprint density at radius 1 is 1.15 bits per heavy atom. The van der Waals surface area contributed by atoms with Gasteiger partial charge in [0, 0.05) is 25.4 Å². The molecule has 0 spiro atoms. The van der Waals surface area contributed by atoms with Crippen molar-refractivity contribution in [2.45, 2.75) is 5.94 Å². The van der Waals surface area contributed by atoms with E-state index in [9.17, 15) is 0 Å². The van der Waals surface area contributed by atoms with Crippen LogP contribution in [0.3, 0.4) is 0 Å². The number of H-pyrrole nitrogens is 1. The average Bonchev–Trinajstić information content (AvgIpc) is 2.94. The second kappa shape index (κ2) is 3.82. The van der Waals surface area contributed by atoms with E-state index < -0.39 is 0 Å². The zero-order valence-corrected chi connectivity index (χ0v) is 11.5. The number of fused-ring (bicyclic) bond motifs is 6. The first kappa shape index (κ1) is 11.5. The van der Waals surface area contributed by atoms with Crippen LogP contribution in [0.5, 0.6) is 0 Å². The summed E-state index contributed by atoms with van der Waals surface area (Å²) in [5.41, 5.74) is 6.41. The summed E-state index contributed by atoms with van der Waals surface area (Å²) < 4.78 is 0. The highest BCUT2D eigenvalue weighted by Gasteiger charge is 2.27. The molecule has 0 saturated heterocycles. The molecule has 1 aromatic carbocycles. The molecule has 3 heterocycles. The molecule has 0 radical (unpaired) electrons. The van der Waals surface area contributed by atoms with Gasteiger partial charge in [-0.3, -0.25) is 15.0 Å². The standard InChI is InChI=1S/C12H12B2N6/c1-20-10-8-6(17-4-18-8)5-7(16-3-2-15-5)9(10)19-11(13)12(20)14/h2-4,12H,13-14H2,1H3,(H,17,18). The molecule has 6 nitrogen and oxygen atoms in total. The Morgan fingerprint density at radius 2 is 1.90 bits per heavy atom. The molecule has 3 aromatic rings. The number of benzene rings is 1. The summed E-state index contributed by atoms with van der Waals surface area (Å²) in [4.78, 5) is 23.5. The summed E-state index contributed by atoms with van der Waals surface area (Å²) in [6.45, 7) is 0. The molecule has 2 aromatic heterocycles. The van der Waals surface area contributed by atoms with E-state index in [0.717, 1.165) is 39.1 Å². The Bertz CT molecular complexity index is 871. The van der Waals surface area contributed by atoms with E-state index in [1.165, 1.54) is 0 Å². The number of hydrogen-bond acceptors (Lipinski definition) is 5. The van der Waals surface area contributed by atoms with Gasteiger partial charge >= 0.3 is 0 Å². The molecule has 8 heteroatoms. The van der Waals surface area contributed by atoms with E-state index in [4.69, 9.17) is 4.99 Å². The Hall–Kier alpha value is -2.37. The third kappa shape index (κ3) is 1.31. The maximum Gasteiger partial charge on any atom is 0.160 e. The fourth-order valence-corrected chi connectivity index (χ4v) is 2.76. The van der Waals surface area contributed by atoms with E-state index >= 15 is 0 Å². The molecule has 1 unspecified atom stereocenters. The van der Waals surface area contributed by atoms with Crippen LogP contribution in [0, 0.1) is 0 Å². The lowest BCUT2D eigenvalue weighted by atomic mass is 9.78. The van der Waals surface area contributed by atoms with Crippen LogP contribution in [-0.2, 0) is 0 Å². The summed E-state index contributed by atoms with van der Waals surface area (Å²) in [7, 11) is 6.25. The first-order chi connectivity index (χ1) is 9.68. The van der Waals surface area contributed by atoms with Crippen molar-refractivity contribution in [3.63, 3.8) is 0 Å². The molecule has 0 fully saturated rings. The molecular weight excluding hydrogens is 250 g/mol. The van der Waals surface area contributed by atoms with Crippen LogP contribution in [0.2, 0.25) is 0 Å². The Morgan fingerprint density at radius 3 is 2.70 bits per heavy atom. The van der Waals surface area contributed by atoms with Crippen molar-refractivity contribution in [2.75, 3.05) is 11.9 Å². The van der Waals surface area contributed by atoms with Gasteiger partial charge in [0.1, 0.15) is 30.1 Å². The lowest BCUT2D eigenvalue weighted by Crippen LogP contribution is -2.41.